The fraction of sp³-hybridized carbons (Fsp3) is 0.727. The first-order valence-electron chi connectivity index (χ1n) is 5.68. The molecule has 0 aromatic carbocycles. The van der Waals surface area contributed by atoms with Gasteiger partial charge in [0.2, 0.25) is 0 Å². The maximum Gasteiger partial charge on any atom is 0.184 e. The quantitative estimate of drug-likeness (QED) is 0.789. The van der Waals surface area contributed by atoms with Crippen molar-refractivity contribution >= 4 is 16.5 Å². The van der Waals surface area contributed by atoms with Gasteiger partial charge in [0.05, 0.1) is 13.2 Å². The Morgan fingerprint density at radius 3 is 2.81 bits per heavy atom. The average molecular weight is 241 g/mol. The van der Waals surface area contributed by atoms with Crippen molar-refractivity contribution in [2.45, 2.75) is 6.42 Å². The first kappa shape index (κ1) is 11.8. The largest absolute Gasteiger partial charge is 0.379 e. The van der Waals surface area contributed by atoms with Gasteiger partial charge in [-0.1, -0.05) is 0 Å². The van der Waals surface area contributed by atoms with E-state index in [2.05, 4.69) is 14.8 Å². The monoisotopic (exact) mass is 241 g/mol. The molecule has 0 unspecified atom stereocenters. The highest BCUT2D eigenvalue weighted by molar-refractivity contribution is 7.15. The van der Waals surface area contributed by atoms with E-state index in [1.807, 2.05) is 20.3 Å². The lowest BCUT2D eigenvalue weighted by atomic mass is 10.3. The molecule has 0 atom stereocenters. The van der Waals surface area contributed by atoms with Crippen LogP contribution in [0.5, 0.6) is 0 Å². The predicted molar refractivity (Wildman–Crippen MR) is 67.4 cm³/mol. The van der Waals surface area contributed by atoms with E-state index in [0.717, 1.165) is 44.4 Å². The van der Waals surface area contributed by atoms with Gasteiger partial charge in [0.25, 0.3) is 0 Å². The summed E-state index contributed by atoms with van der Waals surface area (Å²) in [5, 5.41) is 1.09. The number of hydrogen-bond donors (Lipinski definition) is 0. The summed E-state index contributed by atoms with van der Waals surface area (Å²) in [5.74, 6) is 0. The van der Waals surface area contributed by atoms with Crippen LogP contribution in [0.2, 0.25) is 0 Å². The highest BCUT2D eigenvalue weighted by Crippen LogP contribution is 2.20. The van der Waals surface area contributed by atoms with E-state index in [-0.39, 0.29) is 0 Å². The van der Waals surface area contributed by atoms with E-state index in [4.69, 9.17) is 4.74 Å². The summed E-state index contributed by atoms with van der Waals surface area (Å²) in [7, 11) is 4.06. The first-order chi connectivity index (χ1) is 7.75. The van der Waals surface area contributed by atoms with Gasteiger partial charge in [0.1, 0.15) is 0 Å². The van der Waals surface area contributed by atoms with Crippen LogP contribution in [0.25, 0.3) is 0 Å². The molecule has 0 amide bonds. The Kier molecular flexibility index (Phi) is 4.15. The lowest BCUT2D eigenvalue weighted by Crippen LogP contribution is -2.37. The van der Waals surface area contributed by atoms with E-state index in [9.17, 15) is 0 Å². The number of morpholine rings is 1. The molecule has 0 aliphatic carbocycles. The van der Waals surface area contributed by atoms with E-state index in [1.165, 1.54) is 4.88 Å². The molecular weight excluding hydrogens is 222 g/mol. The van der Waals surface area contributed by atoms with Gasteiger partial charge < -0.3 is 9.64 Å². The van der Waals surface area contributed by atoms with Crippen LogP contribution in [0.15, 0.2) is 6.20 Å². The molecule has 0 radical (unpaired) electrons. The number of ether oxygens (including phenoxy) is 1. The number of rotatable bonds is 4. The Bertz CT molecular complexity index is 321. The SMILES string of the molecule is CN(C)c1ncc(CCN2CCOCC2)s1. The van der Waals surface area contributed by atoms with Crippen LogP contribution >= 0.6 is 11.3 Å². The summed E-state index contributed by atoms with van der Waals surface area (Å²) in [6.07, 6.45) is 3.10. The van der Waals surface area contributed by atoms with Crippen molar-refractivity contribution in [3.63, 3.8) is 0 Å². The van der Waals surface area contributed by atoms with Gasteiger partial charge in [-0.05, 0) is 6.42 Å². The number of aromatic nitrogens is 1. The van der Waals surface area contributed by atoms with Crippen molar-refractivity contribution in [1.82, 2.24) is 9.88 Å². The van der Waals surface area contributed by atoms with Crippen molar-refractivity contribution in [3.8, 4) is 0 Å². The summed E-state index contributed by atoms with van der Waals surface area (Å²) in [5.41, 5.74) is 0. The molecule has 0 spiro atoms. The van der Waals surface area contributed by atoms with Crippen molar-refractivity contribution in [3.05, 3.63) is 11.1 Å². The molecule has 5 heteroatoms. The molecule has 1 aromatic heterocycles. The second-order valence-corrected chi connectivity index (χ2v) is 5.30. The number of thiazole rings is 1. The van der Waals surface area contributed by atoms with Gasteiger partial charge in [0.15, 0.2) is 5.13 Å². The van der Waals surface area contributed by atoms with E-state index in [1.54, 1.807) is 11.3 Å². The Morgan fingerprint density at radius 2 is 2.19 bits per heavy atom. The average Bonchev–Trinajstić information content (AvgIpc) is 2.76. The van der Waals surface area contributed by atoms with E-state index >= 15 is 0 Å². The molecule has 1 aliphatic heterocycles. The summed E-state index contributed by atoms with van der Waals surface area (Å²) in [6, 6.07) is 0. The van der Waals surface area contributed by atoms with Gasteiger partial charge in [-0.15, -0.1) is 11.3 Å². The van der Waals surface area contributed by atoms with Gasteiger partial charge in [-0.25, -0.2) is 4.98 Å². The Hall–Kier alpha value is -0.650. The topological polar surface area (TPSA) is 28.6 Å². The second-order valence-electron chi connectivity index (χ2n) is 4.21. The maximum absolute atomic E-state index is 5.33. The van der Waals surface area contributed by atoms with Gasteiger partial charge >= 0.3 is 0 Å². The molecule has 0 saturated carbocycles. The summed E-state index contributed by atoms with van der Waals surface area (Å²) < 4.78 is 5.33. The van der Waals surface area contributed by atoms with Crippen molar-refractivity contribution < 1.29 is 4.74 Å². The minimum atomic E-state index is 0.881. The lowest BCUT2D eigenvalue weighted by molar-refractivity contribution is 0.0385. The Morgan fingerprint density at radius 1 is 1.44 bits per heavy atom. The molecule has 2 heterocycles. The van der Waals surface area contributed by atoms with Crippen LogP contribution in [0.4, 0.5) is 5.13 Å². The minimum Gasteiger partial charge on any atom is -0.379 e. The smallest absolute Gasteiger partial charge is 0.184 e. The van der Waals surface area contributed by atoms with Crippen molar-refractivity contribution in [2.24, 2.45) is 0 Å². The van der Waals surface area contributed by atoms with Crippen LogP contribution in [0, 0.1) is 0 Å². The second kappa shape index (κ2) is 5.61. The van der Waals surface area contributed by atoms with Crippen molar-refractivity contribution in [1.29, 1.82) is 0 Å². The van der Waals surface area contributed by atoms with Crippen LogP contribution < -0.4 is 4.90 Å². The molecule has 1 aromatic rings. The molecule has 4 nitrogen and oxygen atoms in total. The van der Waals surface area contributed by atoms with E-state index in [0.29, 0.717) is 0 Å². The summed E-state index contributed by atoms with van der Waals surface area (Å²) in [4.78, 5) is 10.3. The Labute approximate surface area is 101 Å². The van der Waals surface area contributed by atoms with Crippen LogP contribution in [0.3, 0.4) is 0 Å². The molecular formula is C11H19N3OS. The van der Waals surface area contributed by atoms with E-state index < -0.39 is 0 Å². The Balaban J connectivity index is 1.79. The third-order valence-electron chi connectivity index (χ3n) is 2.70. The highest BCUT2D eigenvalue weighted by Gasteiger charge is 2.11. The third kappa shape index (κ3) is 3.17. The van der Waals surface area contributed by atoms with Crippen molar-refractivity contribution in [2.75, 3.05) is 51.8 Å². The fourth-order valence-electron chi connectivity index (χ4n) is 1.71. The summed E-state index contributed by atoms with van der Waals surface area (Å²) in [6.45, 7) is 5.02. The zero-order valence-corrected chi connectivity index (χ0v) is 10.8. The summed E-state index contributed by atoms with van der Waals surface area (Å²) >= 11 is 1.79. The zero-order chi connectivity index (χ0) is 11.4. The maximum atomic E-state index is 5.33. The van der Waals surface area contributed by atoms with Gasteiger partial charge in [-0.3, -0.25) is 4.90 Å². The molecule has 2 rings (SSSR count). The van der Waals surface area contributed by atoms with Gasteiger partial charge in [-0.2, -0.15) is 0 Å². The number of hydrogen-bond acceptors (Lipinski definition) is 5. The molecule has 0 bridgehead atoms. The molecule has 90 valence electrons. The van der Waals surface area contributed by atoms with Crippen LogP contribution in [0.1, 0.15) is 4.88 Å². The molecule has 1 aliphatic rings. The fourth-order valence-corrected chi connectivity index (χ4v) is 2.53. The van der Waals surface area contributed by atoms with Gasteiger partial charge in [0, 0.05) is 44.8 Å². The predicted octanol–water partition coefficient (Wildman–Crippen LogP) is 1.08. The zero-order valence-electron chi connectivity index (χ0n) is 9.98. The van der Waals surface area contributed by atoms with Crippen LogP contribution in [-0.4, -0.2) is 56.8 Å². The molecule has 1 saturated heterocycles. The molecule has 0 N–H and O–H groups in total. The first-order valence-corrected chi connectivity index (χ1v) is 6.49. The number of nitrogens with zero attached hydrogens (tertiary/aromatic N) is 3. The minimum absolute atomic E-state index is 0.881. The highest BCUT2D eigenvalue weighted by atomic mass is 32.1. The molecule has 16 heavy (non-hydrogen) atoms. The number of anilines is 1. The van der Waals surface area contributed by atoms with Crippen LogP contribution in [-0.2, 0) is 11.2 Å². The molecule has 1 fully saturated rings. The standard InChI is InChI=1S/C11H19N3OS/c1-13(2)11-12-9-10(16-11)3-4-14-5-7-15-8-6-14/h9H,3-8H2,1-2H3. The lowest BCUT2D eigenvalue weighted by Gasteiger charge is -2.26. The normalized spacial score (nSPS) is 17.6. The third-order valence-corrected chi connectivity index (χ3v) is 3.93.